The average Bonchev–Trinajstić information content (AvgIpc) is 3.04. The highest BCUT2D eigenvalue weighted by Gasteiger charge is 2.23. The van der Waals surface area contributed by atoms with Crippen LogP contribution in [-0.4, -0.2) is 51.4 Å². The summed E-state index contributed by atoms with van der Waals surface area (Å²) in [6.45, 7) is 7.51. The third-order valence-electron chi connectivity index (χ3n) is 5.15. The summed E-state index contributed by atoms with van der Waals surface area (Å²) in [6.07, 6.45) is 4.54. The molecule has 7 nitrogen and oxygen atoms in total. The van der Waals surface area contributed by atoms with Crippen LogP contribution in [0.5, 0.6) is 5.75 Å². The smallest absolute Gasteiger partial charge is 0.194 e. The topological polar surface area (TPSA) is 67.6 Å². The van der Waals surface area contributed by atoms with Crippen LogP contribution in [0.3, 0.4) is 0 Å². The normalized spacial score (nSPS) is 15.1. The van der Waals surface area contributed by atoms with E-state index < -0.39 is 0 Å². The van der Waals surface area contributed by atoms with Gasteiger partial charge in [0.15, 0.2) is 11.8 Å². The number of nitrogens with one attached hydrogen (secondary N) is 1. The molecule has 1 N–H and O–H groups in total. The predicted octanol–water partition coefficient (Wildman–Crippen LogP) is 3.53. The van der Waals surface area contributed by atoms with Gasteiger partial charge in [0, 0.05) is 39.5 Å². The molecule has 1 aliphatic heterocycles. The van der Waals surface area contributed by atoms with Crippen LogP contribution in [0.1, 0.15) is 44.3 Å². The number of unbranched alkanes of at least 4 members (excludes halogenated alkanes) is 1. The Labute approximate surface area is 191 Å². The van der Waals surface area contributed by atoms with E-state index in [1.807, 2.05) is 48.9 Å². The number of rotatable bonds is 7. The fourth-order valence-electron chi connectivity index (χ4n) is 3.26. The Bertz CT molecular complexity index is 756. The molecule has 0 atom stereocenters. The zero-order valence-corrected chi connectivity index (χ0v) is 20.0. The molecule has 8 heteroatoms. The highest BCUT2D eigenvalue weighted by Crippen LogP contribution is 2.18. The first-order valence-electron chi connectivity index (χ1n) is 10.3. The van der Waals surface area contributed by atoms with Gasteiger partial charge in [0.2, 0.25) is 0 Å². The lowest BCUT2D eigenvalue weighted by molar-refractivity contribution is 0.129. The predicted molar refractivity (Wildman–Crippen MR) is 127 cm³/mol. The van der Waals surface area contributed by atoms with E-state index in [1.165, 1.54) is 0 Å². The number of nitrogens with zero attached hydrogens (tertiary/aromatic N) is 5. The van der Waals surface area contributed by atoms with Crippen LogP contribution in [0.25, 0.3) is 0 Å². The SMILES string of the molecule is CCCCNC(=NCc1nnc(C)n1C)N1CCC(Oc2ccccc2)CC1.I. The van der Waals surface area contributed by atoms with Crippen molar-refractivity contribution < 1.29 is 4.74 Å². The van der Waals surface area contributed by atoms with Crippen molar-refractivity contribution in [2.24, 2.45) is 12.0 Å². The van der Waals surface area contributed by atoms with E-state index in [-0.39, 0.29) is 30.1 Å². The molecule has 1 aromatic carbocycles. The van der Waals surface area contributed by atoms with Crippen molar-refractivity contribution in [3.05, 3.63) is 42.0 Å². The van der Waals surface area contributed by atoms with Crippen LogP contribution in [0, 0.1) is 6.92 Å². The zero-order chi connectivity index (χ0) is 19.8. The molecule has 1 aromatic heterocycles. The zero-order valence-electron chi connectivity index (χ0n) is 17.7. The minimum Gasteiger partial charge on any atom is -0.490 e. The van der Waals surface area contributed by atoms with Crippen LogP contribution in [0.2, 0.25) is 0 Å². The molecule has 1 fully saturated rings. The second-order valence-electron chi connectivity index (χ2n) is 7.26. The van der Waals surface area contributed by atoms with Gasteiger partial charge in [-0.25, -0.2) is 4.99 Å². The number of para-hydroxylation sites is 1. The lowest BCUT2D eigenvalue weighted by Gasteiger charge is -2.34. The van der Waals surface area contributed by atoms with Gasteiger partial charge in [-0.1, -0.05) is 31.5 Å². The monoisotopic (exact) mass is 512 g/mol. The highest BCUT2D eigenvalue weighted by atomic mass is 127. The fourth-order valence-corrected chi connectivity index (χ4v) is 3.26. The Kier molecular flexibility index (Phi) is 9.69. The summed E-state index contributed by atoms with van der Waals surface area (Å²) in [4.78, 5) is 7.18. The molecule has 0 spiro atoms. The summed E-state index contributed by atoms with van der Waals surface area (Å²) in [7, 11) is 1.98. The lowest BCUT2D eigenvalue weighted by atomic mass is 10.1. The van der Waals surface area contributed by atoms with Crippen molar-refractivity contribution in [2.75, 3.05) is 19.6 Å². The van der Waals surface area contributed by atoms with E-state index in [0.717, 1.165) is 68.7 Å². The molecule has 2 heterocycles. The van der Waals surface area contributed by atoms with Gasteiger partial charge in [-0.15, -0.1) is 34.2 Å². The van der Waals surface area contributed by atoms with Crippen LogP contribution >= 0.6 is 24.0 Å². The summed E-state index contributed by atoms with van der Waals surface area (Å²) < 4.78 is 8.11. The van der Waals surface area contributed by atoms with Crippen molar-refractivity contribution in [3.8, 4) is 5.75 Å². The van der Waals surface area contributed by atoms with Crippen molar-refractivity contribution in [1.29, 1.82) is 0 Å². The molecule has 0 aliphatic carbocycles. The second kappa shape index (κ2) is 12.0. The maximum Gasteiger partial charge on any atom is 0.194 e. The molecule has 1 saturated heterocycles. The van der Waals surface area contributed by atoms with Gasteiger partial charge in [-0.3, -0.25) is 0 Å². The van der Waals surface area contributed by atoms with E-state index in [2.05, 4.69) is 27.3 Å². The molecule has 0 amide bonds. The van der Waals surface area contributed by atoms with Crippen LogP contribution in [0.4, 0.5) is 0 Å². The first-order valence-corrected chi connectivity index (χ1v) is 10.3. The molecule has 3 rings (SSSR count). The first kappa shape index (κ1) is 23.4. The fraction of sp³-hybridized carbons (Fsp3) is 0.571. The van der Waals surface area contributed by atoms with Gasteiger partial charge in [-0.2, -0.15) is 0 Å². The number of piperidine rings is 1. The molecule has 160 valence electrons. The largest absolute Gasteiger partial charge is 0.490 e. The lowest BCUT2D eigenvalue weighted by Crippen LogP contribution is -2.47. The molecule has 0 saturated carbocycles. The Morgan fingerprint density at radius 2 is 1.93 bits per heavy atom. The summed E-state index contributed by atoms with van der Waals surface area (Å²) >= 11 is 0. The number of hydrogen-bond donors (Lipinski definition) is 1. The third kappa shape index (κ3) is 6.87. The molecular formula is C21H33IN6O. The maximum absolute atomic E-state index is 6.12. The van der Waals surface area contributed by atoms with E-state index in [0.29, 0.717) is 6.54 Å². The summed E-state index contributed by atoms with van der Waals surface area (Å²) in [5, 5.41) is 11.9. The molecule has 29 heavy (non-hydrogen) atoms. The maximum atomic E-state index is 6.12. The Hall–Kier alpha value is -1.84. The number of likely N-dealkylation sites (tertiary alicyclic amines) is 1. The van der Waals surface area contributed by atoms with Crippen LogP contribution in [0.15, 0.2) is 35.3 Å². The Morgan fingerprint density at radius 3 is 2.55 bits per heavy atom. The van der Waals surface area contributed by atoms with E-state index >= 15 is 0 Å². The summed E-state index contributed by atoms with van der Waals surface area (Å²) in [5.74, 6) is 3.71. The van der Waals surface area contributed by atoms with E-state index in [1.54, 1.807) is 0 Å². The average molecular weight is 512 g/mol. The first-order chi connectivity index (χ1) is 13.7. The number of guanidine groups is 1. The molecule has 1 aliphatic rings. The van der Waals surface area contributed by atoms with Gasteiger partial charge in [0.25, 0.3) is 0 Å². The number of aliphatic imine (C=N–C) groups is 1. The minimum absolute atomic E-state index is 0. The Morgan fingerprint density at radius 1 is 1.21 bits per heavy atom. The van der Waals surface area contributed by atoms with Crippen LogP contribution in [-0.2, 0) is 13.6 Å². The van der Waals surface area contributed by atoms with Crippen molar-refractivity contribution in [1.82, 2.24) is 25.0 Å². The number of halogens is 1. The third-order valence-corrected chi connectivity index (χ3v) is 5.15. The second-order valence-corrected chi connectivity index (χ2v) is 7.26. The van der Waals surface area contributed by atoms with Gasteiger partial charge in [-0.05, 0) is 25.5 Å². The molecule has 0 bridgehead atoms. The van der Waals surface area contributed by atoms with Gasteiger partial charge in [0.1, 0.15) is 24.2 Å². The summed E-state index contributed by atoms with van der Waals surface area (Å²) in [6, 6.07) is 10.1. The van der Waals surface area contributed by atoms with Gasteiger partial charge in [0.05, 0.1) is 0 Å². The quantitative estimate of drug-likeness (QED) is 0.266. The number of ether oxygens (including phenoxy) is 1. The molecular weight excluding hydrogens is 479 g/mol. The molecule has 2 aromatic rings. The Balaban J connectivity index is 0.00000300. The van der Waals surface area contributed by atoms with E-state index in [9.17, 15) is 0 Å². The van der Waals surface area contributed by atoms with Gasteiger partial charge >= 0.3 is 0 Å². The van der Waals surface area contributed by atoms with Crippen molar-refractivity contribution in [2.45, 2.75) is 52.2 Å². The highest BCUT2D eigenvalue weighted by molar-refractivity contribution is 14.0. The minimum atomic E-state index is 0. The van der Waals surface area contributed by atoms with E-state index in [4.69, 9.17) is 9.73 Å². The van der Waals surface area contributed by atoms with Gasteiger partial charge < -0.3 is 19.5 Å². The number of hydrogen-bond acceptors (Lipinski definition) is 4. The standard InChI is InChI=1S/C21H32N6O.HI/c1-4-5-13-22-21(23-16-20-25-24-17(2)26(20)3)27-14-11-19(12-15-27)28-18-9-7-6-8-10-18;/h6-10,19H,4-5,11-16H2,1-3H3,(H,22,23);1H. The van der Waals surface area contributed by atoms with Crippen LogP contribution < -0.4 is 10.1 Å². The number of benzene rings is 1. The number of aromatic nitrogens is 3. The summed E-state index contributed by atoms with van der Waals surface area (Å²) in [5.41, 5.74) is 0. The molecule has 0 unspecified atom stereocenters. The van der Waals surface area contributed by atoms with Crippen molar-refractivity contribution >= 4 is 29.9 Å². The number of aryl methyl sites for hydroxylation is 1. The van der Waals surface area contributed by atoms with Crippen molar-refractivity contribution in [3.63, 3.8) is 0 Å². The molecule has 0 radical (unpaired) electrons.